The van der Waals surface area contributed by atoms with Crippen molar-refractivity contribution in [2.45, 2.75) is 97.5 Å². The highest BCUT2D eigenvalue weighted by Gasteiger charge is 2.36. The number of H-pyrrole nitrogens is 3. The maximum absolute atomic E-state index is 14.2. The summed E-state index contributed by atoms with van der Waals surface area (Å²) in [5, 5.41) is 20.2. The van der Waals surface area contributed by atoms with Crippen LogP contribution in [0, 0.1) is 0 Å². The van der Waals surface area contributed by atoms with Crippen LogP contribution in [0.4, 0.5) is 30.7 Å². The van der Waals surface area contributed by atoms with Gasteiger partial charge in [-0.15, -0.1) is 0 Å². The van der Waals surface area contributed by atoms with E-state index in [1.165, 1.54) is 25.3 Å². The molecule has 0 saturated heterocycles. The van der Waals surface area contributed by atoms with Crippen LogP contribution >= 0.6 is 34.8 Å². The molecule has 6 aromatic rings. The number of benzene rings is 3. The molecule has 0 bridgehead atoms. The summed E-state index contributed by atoms with van der Waals surface area (Å²) >= 11 is 18.4. The molecule has 0 atom stereocenters. The van der Waals surface area contributed by atoms with E-state index < -0.39 is 28.6 Å². The Balaban J connectivity index is 0.000000270. The van der Waals surface area contributed by atoms with E-state index in [-0.39, 0.29) is 63.8 Å². The largest absolute Gasteiger partial charge is 0.492 e. The average molecular weight is 1250 g/mol. The van der Waals surface area contributed by atoms with Crippen LogP contribution in [0.15, 0.2) is 55.0 Å². The summed E-state index contributed by atoms with van der Waals surface area (Å²) in [4.78, 5) is 6.31. The van der Waals surface area contributed by atoms with Crippen LogP contribution in [0.25, 0.3) is 33.8 Å². The Labute approximate surface area is 503 Å². The van der Waals surface area contributed by atoms with Crippen LogP contribution < -0.4 is 19.9 Å². The topological polar surface area (TPSA) is 177 Å². The minimum atomic E-state index is -4.62. The molecule has 3 aromatic heterocycles. The fourth-order valence-corrected chi connectivity index (χ4v) is 9.40. The van der Waals surface area contributed by atoms with E-state index in [4.69, 9.17) is 69.0 Å². The Morgan fingerprint density at radius 2 is 0.810 bits per heavy atom. The van der Waals surface area contributed by atoms with E-state index >= 15 is 0 Å². The fraction of sp³-hybridized carbons (Fsp3) is 0.534. The molecule has 0 aliphatic carbocycles. The van der Waals surface area contributed by atoms with Gasteiger partial charge in [0.1, 0.15) is 30.5 Å². The second kappa shape index (κ2) is 34.8. The average Bonchev–Trinajstić information content (AvgIpc) is 2.37. The first kappa shape index (κ1) is 71.3. The molecule has 6 rings (SSSR count). The molecular weight excluding hydrogens is 1170 g/mol. The van der Waals surface area contributed by atoms with E-state index in [1.807, 2.05) is 26.0 Å². The molecular formula is C58H80Cl3F7N10O6. The molecule has 0 amide bonds. The molecule has 3 aromatic carbocycles. The minimum absolute atomic E-state index is 0.0607. The van der Waals surface area contributed by atoms with Gasteiger partial charge in [0.2, 0.25) is 0 Å². The van der Waals surface area contributed by atoms with Crippen molar-refractivity contribution in [3.05, 3.63) is 103 Å². The zero-order valence-corrected chi connectivity index (χ0v) is 51.7. The number of aromatic nitrogens is 6. The maximum Gasteiger partial charge on any atom is 0.418 e. The number of nitrogens with two attached hydrogens (primary N) is 1. The highest BCUT2D eigenvalue weighted by atomic mass is 35.5. The molecule has 0 aliphatic rings. The Morgan fingerprint density at radius 3 is 1.13 bits per heavy atom. The number of likely N-dealkylation sites (N-methyl/N-ethyl adjacent to an activating group) is 1. The van der Waals surface area contributed by atoms with Gasteiger partial charge in [0.25, 0.3) is 11.8 Å². The third kappa shape index (κ3) is 21.9. The van der Waals surface area contributed by atoms with Crippen molar-refractivity contribution >= 4 is 34.8 Å². The van der Waals surface area contributed by atoms with Gasteiger partial charge in [-0.2, -0.15) is 28.5 Å². The van der Waals surface area contributed by atoms with Gasteiger partial charge in [-0.05, 0) is 83.5 Å². The summed E-state index contributed by atoms with van der Waals surface area (Å²) in [5.41, 5.74) is 9.89. The van der Waals surface area contributed by atoms with E-state index in [0.29, 0.717) is 87.2 Å². The number of aromatic amines is 3. The van der Waals surface area contributed by atoms with Gasteiger partial charge in [-0.1, -0.05) is 61.5 Å². The molecule has 0 saturated carbocycles. The summed E-state index contributed by atoms with van der Waals surface area (Å²) in [5.74, 6) is -5.83. The van der Waals surface area contributed by atoms with E-state index in [2.05, 4.69) is 54.2 Å². The number of nitrogens with zero attached hydrogens (tertiary/aromatic N) is 6. The number of ether oxygens (including phenoxy) is 6. The molecule has 0 radical (unpaired) electrons. The van der Waals surface area contributed by atoms with Gasteiger partial charge in [0.15, 0.2) is 0 Å². The van der Waals surface area contributed by atoms with Gasteiger partial charge < -0.3 is 48.9 Å². The normalized spacial score (nSPS) is 12.0. The van der Waals surface area contributed by atoms with Crippen LogP contribution in [0.1, 0.15) is 93.2 Å². The smallest absolute Gasteiger partial charge is 0.418 e. The number of unbranched alkanes of at least 4 members (excludes halogenated alkanes) is 2. The van der Waals surface area contributed by atoms with Crippen molar-refractivity contribution < 1.29 is 59.2 Å². The zero-order valence-electron chi connectivity index (χ0n) is 49.4. The lowest BCUT2D eigenvalue weighted by Crippen LogP contribution is -2.25. The van der Waals surface area contributed by atoms with Crippen LogP contribution in [0.2, 0.25) is 15.1 Å². The van der Waals surface area contributed by atoms with Crippen LogP contribution in [-0.2, 0) is 51.9 Å². The zero-order chi connectivity index (χ0) is 62.2. The number of hydrogen-bond donors (Lipinski definition) is 4. The van der Waals surface area contributed by atoms with Gasteiger partial charge in [-0.3, -0.25) is 15.3 Å². The molecule has 468 valence electrons. The number of alkyl halides is 7. The first-order valence-corrected chi connectivity index (χ1v) is 28.5. The molecule has 0 fully saturated rings. The lowest BCUT2D eigenvalue weighted by Gasteiger charge is -2.19. The molecule has 0 spiro atoms. The van der Waals surface area contributed by atoms with Crippen molar-refractivity contribution in [3.63, 3.8) is 0 Å². The number of methoxy groups -OCH3 is 3. The van der Waals surface area contributed by atoms with Gasteiger partial charge in [0, 0.05) is 125 Å². The lowest BCUT2D eigenvalue weighted by molar-refractivity contribution is -0.137. The minimum Gasteiger partial charge on any atom is -0.492 e. The third-order valence-electron chi connectivity index (χ3n) is 12.8. The van der Waals surface area contributed by atoms with E-state index in [0.717, 1.165) is 75.4 Å². The predicted octanol–water partition coefficient (Wildman–Crippen LogP) is 13.8. The second-order valence-electron chi connectivity index (χ2n) is 20.2. The van der Waals surface area contributed by atoms with E-state index in [9.17, 15) is 30.7 Å². The lowest BCUT2D eigenvalue weighted by atomic mass is 10.0. The monoisotopic (exact) mass is 1250 g/mol. The van der Waals surface area contributed by atoms with Crippen molar-refractivity contribution in [1.29, 1.82) is 0 Å². The first-order chi connectivity index (χ1) is 39.8. The molecule has 5 N–H and O–H groups in total. The number of hydrogen-bond acceptors (Lipinski definition) is 13. The standard InChI is InChI=1S/C21H30ClF2N3O2.C20H28ClF2N3O2.C17H22ClF3N4O2/c1-5-6-8-27(3)14-16-13-25-26-20(16)15-11-17(21(2,23)24)19(22)18(12-15)29-10-7-9-28-4;1-5-6-7-26(3)13-15-12-24-25-19(15)14-10-16(20(2,22)23)18(21)17(11-14)28-9-8-27-4;1-25(4-3-22)10-12-9-23-24-16(12)11-7-13(17(19,20)21)15(18)14(8-11)27-6-5-26-2/h11-13H,5-10,14H2,1-4H3,(H,25,26);10-12H,5-9,13H2,1-4H3,(H,24,25);7-9H,3-6,10,22H2,1-2H3,(H,23,24). The van der Waals surface area contributed by atoms with Crippen molar-refractivity contribution in [2.24, 2.45) is 5.73 Å². The highest BCUT2D eigenvalue weighted by Crippen LogP contribution is 2.45. The van der Waals surface area contributed by atoms with Crippen molar-refractivity contribution in [3.8, 4) is 51.0 Å². The Bertz CT molecular complexity index is 2900. The van der Waals surface area contributed by atoms with Crippen molar-refractivity contribution in [2.75, 3.05) is 108 Å². The fourth-order valence-electron chi connectivity index (χ4n) is 8.47. The summed E-state index contributed by atoms with van der Waals surface area (Å²) in [6.07, 6.45) is 5.45. The Morgan fingerprint density at radius 1 is 0.476 bits per heavy atom. The van der Waals surface area contributed by atoms with Crippen LogP contribution in [-0.4, -0.2) is 154 Å². The summed E-state index contributed by atoms with van der Waals surface area (Å²) in [6, 6.07) is 8.62. The summed E-state index contributed by atoms with van der Waals surface area (Å²) in [6.45, 7) is 12.4. The highest BCUT2D eigenvalue weighted by molar-refractivity contribution is 6.33. The number of rotatable bonds is 32. The molecule has 26 heteroatoms. The van der Waals surface area contributed by atoms with Gasteiger partial charge >= 0.3 is 6.18 Å². The predicted molar refractivity (Wildman–Crippen MR) is 316 cm³/mol. The molecule has 84 heavy (non-hydrogen) atoms. The maximum atomic E-state index is 14.2. The Kier molecular flexibility index (Phi) is 29.5. The Hall–Kier alpha value is -5.21. The quantitative estimate of drug-likeness (QED) is 0.0232. The van der Waals surface area contributed by atoms with Crippen LogP contribution in [0.5, 0.6) is 17.2 Å². The van der Waals surface area contributed by atoms with Gasteiger partial charge in [0.05, 0.1) is 76.1 Å². The number of nitrogens with one attached hydrogen (secondary N) is 3. The molecule has 0 aliphatic heterocycles. The second-order valence-corrected chi connectivity index (χ2v) is 21.3. The first-order valence-electron chi connectivity index (χ1n) is 27.4. The molecule has 0 unspecified atom stereocenters. The molecule has 16 nitrogen and oxygen atoms in total. The van der Waals surface area contributed by atoms with Crippen molar-refractivity contribution in [1.82, 2.24) is 45.3 Å². The van der Waals surface area contributed by atoms with Gasteiger partial charge in [-0.25, -0.2) is 17.6 Å². The SMILES string of the molecule is CCCCN(C)Cc1cn[nH]c1-c1cc(OCCCOC)c(Cl)c(C(C)(F)F)c1.CCCCN(C)Cc1cn[nH]c1-c1cc(OCCOC)c(Cl)c(C(C)(F)F)c1.COCCOc1cc(-c2[nH]ncc2CN(C)CCN)cc(C(F)(F)F)c1Cl. The molecule has 3 heterocycles. The van der Waals surface area contributed by atoms with E-state index in [1.54, 1.807) is 44.9 Å². The third-order valence-corrected chi connectivity index (χ3v) is 14.0. The van der Waals surface area contributed by atoms with Crippen LogP contribution in [0.3, 0.4) is 0 Å². The summed E-state index contributed by atoms with van der Waals surface area (Å²) in [7, 11) is 10.5. The number of halogens is 10. The summed E-state index contributed by atoms with van der Waals surface area (Å²) < 4.78 is 129.